The summed E-state index contributed by atoms with van der Waals surface area (Å²) in [6.45, 7) is 5.66. The average molecular weight is 354 g/mol. The van der Waals surface area contributed by atoms with Crippen molar-refractivity contribution < 1.29 is 9.32 Å². The number of rotatable bonds is 4. The van der Waals surface area contributed by atoms with Gasteiger partial charge in [0, 0.05) is 58.2 Å². The van der Waals surface area contributed by atoms with Crippen LogP contribution in [0.3, 0.4) is 0 Å². The molecule has 8 nitrogen and oxygen atoms in total. The number of amides is 1. The number of carbonyl (C=O) groups excluding carboxylic acids is 1. The first-order valence-corrected chi connectivity index (χ1v) is 8.71. The molecule has 1 aliphatic rings. The predicted molar refractivity (Wildman–Crippen MR) is 95.0 cm³/mol. The third kappa shape index (κ3) is 3.15. The first-order chi connectivity index (χ1) is 12.6. The Hall–Kier alpha value is -2.87. The molecule has 0 spiro atoms. The zero-order chi connectivity index (χ0) is 18.1. The number of nitrogens with zero attached hydrogens (tertiary/aromatic N) is 6. The minimum atomic E-state index is 0.0266. The molecule has 0 aromatic carbocycles. The van der Waals surface area contributed by atoms with Gasteiger partial charge in [0.05, 0.1) is 11.9 Å². The van der Waals surface area contributed by atoms with E-state index in [1.54, 1.807) is 10.9 Å². The topological polar surface area (TPSA) is 72.3 Å². The van der Waals surface area contributed by atoms with Crippen LogP contribution in [0.4, 0.5) is 0 Å². The summed E-state index contributed by atoms with van der Waals surface area (Å²) in [5.41, 5.74) is 1.56. The largest absolute Gasteiger partial charge is 0.361 e. The fourth-order valence-corrected chi connectivity index (χ4v) is 3.36. The third-order valence-corrected chi connectivity index (χ3v) is 4.71. The normalized spacial score (nSPS) is 15.5. The molecule has 1 saturated heterocycles. The smallest absolute Gasteiger partial charge is 0.259 e. The second-order valence-corrected chi connectivity index (χ2v) is 6.59. The fraction of sp³-hybridized carbons (Fsp3) is 0.389. The number of hydrogen-bond donors (Lipinski definition) is 0. The van der Waals surface area contributed by atoms with Crippen LogP contribution in [0, 0.1) is 6.92 Å². The highest BCUT2D eigenvalue weighted by Gasteiger charge is 2.26. The number of aryl methyl sites for hydroxylation is 2. The highest BCUT2D eigenvalue weighted by molar-refractivity contribution is 5.97. The Labute approximate surface area is 151 Å². The van der Waals surface area contributed by atoms with Gasteiger partial charge in [-0.05, 0) is 19.1 Å². The summed E-state index contributed by atoms with van der Waals surface area (Å²) in [5, 5.41) is 8.32. The maximum absolute atomic E-state index is 13.0. The van der Waals surface area contributed by atoms with Gasteiger partial charge in [-0.3, -0.25) is 14.4 Å². The zero-order valence-electron chi connectivity index (χ0n) is 15.0. The Morgan fingerprint density at radius 2 is 1.92 bits per heavy atom. The Morgan fingerprint density at radius 1 is 1.19 bits per heavy atom. The van der Waals surface area contributed by atoms with Gasteiger partial charge in [-0.1, -0.05) is 5.16 Å². The molecule has 1 amide bonds. The minimum Gasteiger partial charge on any atom is -0.361 e. The van der Waals surface area contributed by atoms with Crippen LogP contribution in [-0.2, 0) is 13.6 Å². The molecule has 26 heavy (non-hydrogen) atoms. The molecule has 1 aliphatic heterocycles. The maximum Gasteiger partial charge on any atom is 0.259 e. The van der Waals surface area contributed by atoms with Crippen LogP contribution in [0.5, 0.6) is 0 Å². The molecule has 8 heteroatoms. The van der Waals surface area contributed by atoms with Crippen molar-refractivity contribution in [1.29, 1.82) is 0 Å². The van der Waals surface area contributed by atoms with Crippen molar-refractivity contribution in [1.82, 2.24) is 29.3 Å². The van der Waals surface area contributed by atoms with E-state index in [4.69, 9.17) is 4.52 Å². The summed E-state index contributed by atoms with van der Waals surface area (Å²) in [4.78, 5) is 17.2. The van der Waals surface area contributed by atoms with Crippen molar-refractivity contribution in [3.63, 3.8) is 0 Å². The molecule has 0 N–H and O–H groups in total. The summed E-state index contributed by atoms with van der Waals surface area (Å²) in [5.74, 6) is 1.64. The molecule has 4 heterocycles. The summed E-state index contributed by atoms with van der Waals surface area (Å²) < 4.78 is 8.77. The lowest BCUT2D eigenvalue weighted by Gasteiger charge is -2.34. The monoisotopic (exact) mass is 354 g/mol. The van der Waals surface area contributed by atoms with E-state index in [1.807, 2.05) is 54.0 Å². The number of piperazine rings is 1. The van der Waals surface area contributed by atoms with Gasteiger partial charge in [0.2, 0.25) is 0 Å². The van der Waals surface area contributed by atoms with Crippen molar-refractivity contribution in [3.05, 3.63) is 53.8 Å². The van der Waals surface area contributed by atoms with Crippen LogP contribution >= 0.6 is 0 Å². The molecule has 0 saturated carbocycles. The predicted octanol–water partition coefficient (Wildman–Crippen LogP) is 1.47. The van der Waals surface area contributed by atoms with E-state index in [0.717, 1.165) is 36.9 Å². The molecule has 0 bridgehead atoms. The van der Waals surface area contributed by atoms with E-state index in [2.05, 4.69) is 15.2 Å². The summed E-state index contributed by atoms with van der Waals surface area (Å²) in [6, 6.07) is 5.83. The molecule has 1 fully saturated rings. The summed E-state index contributed by atoms with van der Waals surface area (Å²) in [7, 11) is 1.85. The Morgan fingerprint density at radius 3 is 2.58 bits per heavy atom. The van der Waals surface area contributed by atoms with Gasteiger partial charge in [0.1, 0.15) is 17.1 Å². The van der Waals surface area contributed by atoms with E-state index in [9.17, 15) is 4.79 Å². The standard InChI is InChI=1S/C18H22N6O2/c1-14-11-15(20-26-14)13-22-7-9-24(10-8-22)18(25)16-12-19-21(2)17(16)23-5-3-4-6-23/h3-6,11-12H,7-10,13H2,1-2H3. The lowest BCUT2D eigenvalue weighted by atomic mass is 10.2. The van der Waals surface area contributed by atoms with Gasteiger partial charge in [-0.25, -0.2) is 0 Å². The van der Waals surface area contributed by atoms with Gasteiger partial charge in [-0.2, -0.15) is 5.10 Å². The van der Waals surface area contributed by atoms with E-state index in [0.29, 0.717) is 18.7 Å². The van der Waals surface area contributed by atoms with Crippen molar-refractivity contribution in [2.24, 2.45) is 7.05 Å². The van der Waals surface area contributed by atoms with Crippen LogP contribution in [-0.4, -0.2) is 61.4 Å². The Kier molecular flexibility index (Phi) is 4.34. The van der Waals surface area contributed by atoms with Crippen molar-refractivity contribution >= 4 is 5.91 Å². The van der Waals surface area contributed by atoms with Crippen LogP contribution in [0.2, 0.25) is 0 Å². The van der Waals surface area contributed by atoms with E-state index in [1.165, 1.54) is 0 Å². The summed E-state index contributed by atoms with van der Waals surface area (Å²) >= 11 is 0. The van der Waals surface area contributed by atoms with Gasteiger partial charge < -0.3 is 14.0 Å². The number of aromatic nitrogens is 4. The van der Waals surface area contributed by atoms with Crippen molar-refractivity contribution in [2.75, 3.05) is 26.2 Å². The zero-order valence-corrected chi connectivity index (χ0v) is 15.0. The highest BCUT2D eigenvalue weighted by atomic mass is 16.5. The molecule has 4 rings (SSSR count). The lowest BCUT2D eigenvalue weighted by molar-refractivity contribution is 0.0625. The Bertz CT molecular complexity index is 887. The quantitative estimate of drug-likeness (QED) is 0.709. The second-order valence-electron chi connectivity index (χ2n) is 6.59. The lowest BCUT2D eigenvalue weighted by Crippen LogP contribution is -2.48. The fourth-order valence-electron chi connectivity index (χ4n) is 3.36. The molecule has 136 valence electrons. The SMILES string of the molecule is Cc1cc(CN2CCN(C(=O)c3cnn(C)c3-n3cccc3)CC2)no1. The van der Waals surface area contributed by atoms with Crippen molar-refractivity contribution in [3.8, 4) is 5.82 Å². The van der Waals surface area contributed by atoms with Gasteiger partial charge in [-0.15, -0.1) is 0 Å². The van der Waals surface area contributed by atoms with Crippen LogP contribution < -0.4 is 0 Å². The molecule has 0 aliphatic carbocycles. The van der Waals surface area contributed by atoms with Crippen molar-refractivity contribution in [2.45, 2.75) is 13.5 Å². The first kappa shape index (κ1) is 16.6. The Balaban J connectivity index is 1.43. The van der Waals surface area contributed by atoms with E-state index >= 15 is 0 Å². The summed E-state index contributed by atoms with van der Waals surface area (Å²) in [6.07, 6.45) is 5.50. The van der Waals surface area contributed by atoms with Gasteiger partial charge in [0.25, 0.3) is 5.91 Å². The molecule has 3 aromatic rings. The van der Waals surface area contributed by atoms with E-state index < -0.39 is 0 Å². The van der Waals surface area contributed by atoms with Crippen LogP contribution in [0.1, 0.15) is 21.8 Å². The third-order valence-electron chi connectivity index (χ3n) is 4.71. The van der Waals surface area contributed by atoms with Crippen LogP contribution in [0.15, 0.2) is 41.3 Å². The molecule has 0 radical (unpaired) electrons. The molecule has 0 atom stereocenters. The molecular weight excluding hydrogens is 332 g/mol. The average Bonchev–Trinajstić information content (AvgIpc) is 3.36. The maximum atomic E-state index is 13.0. The first-order valence-electron chi connectivity index (χ1n) is 8.71. The second kappa shape index (κ2) is 6.80. The number of hydrogen-bond acceptors (Lipinski definition) is 5. The molecule has 3 aromatic heterocycles. The molecular formula is C18H22N6O2. The minimum absolute atomic E-state index is 0.0266. The molecule has 0 unspecified atom stereocenters. The van der Waals surface area contributed by atoms with Gasteiger partial charge >= 0.3 is 0 Å². The number of carbonyl (C=O) groups is 1. The van der Waals surface area contributed by atoms with Gasteiger partial charge in [0.15, 0.2) is 0 Å². The highest BCUT2D eigenvalue weighted by Crippen LogP contribution is 2.18. The van der Waals surface area contributed by atoms with Crippen LogP contribution in [0.25, 0.3) is 5.82 Å². The van der Waals surface area contributed by atoms with E-state index in [-0.39, 0.29) is 5.91 Å².